The molecule has 0 fully saturated rings. The van der Waals surface area contributed by atoms with Crippen LogP contribution in [0.2, 0.25) is 0 Å². The Labute approximate surface area is 161 Å². The molecule has 0 atom stereocenters. The first kappa shape index (κ1) is 18.1. The molecule has 6 nitrogen and oxygen atoms in total. The van der Waals surface area contributed by atoms with E-state index in [2.05, 4.69) is 5.32 Å². The highest BCUT2D eigenvalue weighted by molar-refractivity contribution is 5.96. The molecule has 0 saturated heterocycles. The number of aryl methyl sites for hydroxylation is 3. The monoisotopic (exact) mass is 379 g/mol. The summed E-state index contributed by atoms with van der Waals surface area (Å²) in [6, 6.07) is 7.32. The summed E-state index contributed by atoms with van der Waals surface area (Å²) in [7, 11) is 0. The van der Waals surface area contributed by atoms with Crippen molar-refractivity contribution in [2.45, 2.75) is 40.2 Å². The zero-order valence-electron chi connectivity index (χ0n) is 16.0. The first-order valence-corrected chi connectivity index (χ1v) is 9.19. The lowest BCUT2D eigenvalue weighted by Crippen LogP contribution is -2.24. The minimum atomic E-state index is -0.414. The molecule has 3 aromatic heterocycles. The third-order valence-corrected chi connectivity index (χ3v) is 5.22. The van der Waals surface area contributed by atoms with Crippen LogP contribution in [-0.4, -0.2) is 5.91 Å². The molecule has 0 unspecified atom stereocenters. The maximum atomic E-state index is 12.5. The minimum Gasteiger partial charge on any atom is -0.467 e. The van der Waals surface area contributed by atoms with Crippen LogP contribution in [0.3, 0.4) is 0 Å². The van der Waals surface area contributed by atoms with Crippen molar-refractivity contribution in [1.82, 2.24) is 5.32 Å². The molecule has 1 N–H and O–H groups in total. The van der Waals surface area contributed by atoms with Gasteiger partial charge in [0.25, 0.3) is 0 Å². The zero-order valence-corrected chi connectivity index (χ0v) is 16.0. The summed E-state index contributed by atoms with van der Waals surface area (Å²) in [5, 5.41) is 4.65. The van der Waals surface area contributed by atoms with E-state index in [-0.39, 0.29) is 12.3 Å². The van der Waals surface area contributed by atoms with Crippen LogP contribution in [0.15, 0.2) is 48.6 Å². The maximum absolute atomic E-state index is 12.5. The summed E-state index contributed by atoms with van der Waals surface area (Å²) < 4.78 is 16.4. The molecule has 0 aliphatic rings. The Morgan fingerprint density at radius 1 is 1.04 bits per heavy atom. The van der Waals surface area contributed by atoms with Gasteiger partial charge in [0.2, 0.25) is 5.91 Å². The highest BCUT2D eigenvalue weighted by atomic mass is 16.4. The van der Waals surface area contributed by atoms with Gasteiger partial charge in [-0.1, -0.05) is 0 Å². The van der Waals surface area contributed by atoms with E-state index in [1.54, 1.807) is 24.5 Å². The van der Waals surface area contributed by atoms with Crippen molar-refractivity contribution in [1.29, 1.82) is 0 Å². The molecule has 0 aliphatic heterocycles. The summed E-state index contributed by atoms with van der Waals surface area (Å²) in [5.74, 6) is 1.38. The second-order valence-corrected chi connectivity index (χ2v) is 6.98. The molecule has 4 aromatic rings. The Bertz CT molecular complexity index is 1230. The topological polar surface area (TPSA) is 85.6 Å². The normalized spacial score (nSPS) is 11.4. The first-order valence-electron chi connectivity index (χ1n) is 9.19. The SMILES string of the molecule is Cc1oc2cc3oc(=O)c(CCC(=O)NCc4ccco4)c(C)c3cc2c1C. The quantitative estimate of drug-likeness (QED) is 0.522. The van der Waals surface area contributed by atoms with E-state index in [0.717, 1.165) is 27.7 Å². The molecule has 0 radical (unpaired) electrons. The molecular formula is C22H21NO5. The third kappa shape index (κ3) is 3.22. The number of fused-ring (bicyclic) bond motifs is 2. The van der Waals surface area contributed by atoms with Gasteiger partial charge in [0.15, 0.2) is 0 Å². The summed E-state index contributed by atoms with van der Waals surface area (Å²) >= 11 is 0. The highest BCUT2D eigenvalue weighted by Gasteiger charge is 2.16. The Balaban J connectivity index is 1.59. The summed E-state index contributed by atoms with van der Waals surface area (Å²) in [5.41, 5.74) is 3.22. The van der Waals surface area contributed by atoms with E-state index in [1.807, 2.05) is 26.8 Å². The standard InChI is InChI=1S/C22H21NO5/c1-12-14(3)27-19-10-20-18(9-17(12)19)13(2)16(22(25)28-20)6-7-21(24)23-11-15-5-4-8-26-15/h4-5,8-10H,6-7,11H2,1-3H3,(H,23,24). The van der Waals surface area contributed by atoms with E-state index in [1.165, 1.54) is 0 Å². The van der Waals surface area contributed by atoms with E-state index in [9.17, 15) is 9.59 Å². The van der Waals surface area contributed by atoms with Gasteiger partial charge >= 0.3 is 5.63 Å². The predicted molar refractivity (Wildman–Crippen MR) is 105 cm³/mol. The molecule has 1 amide bonds. The molecule has 0 bridgehead atoms. The van der Waals surface area contributed by atoms with Crippen LogP contribution >= 0.6 is 0 Å². The average Bonchev–Trinajstić information content (AvgIpc) is 3.27. The maximum Gasteiger partial charge on any atom is 0.339 e. The third-order valence-electron chi connectivity index (χ3n) is 5.22. The van der Waals surface area contributed by atoms with Crippen LogP contribution in [0.1, 0.15) is 34.6 Å². The van der Waals surface area contributed by atoms with Gasteiger partial charge < -0.3 is 18.6 Å². The first-order chi connectivity index (χ1) is 13.4. The fourth-order valence-electron chi connectivity index (χ4n) is 3.44. The smallest absolute Gasteiger partial charge is 0.339 e. The molecule has 0 spiro atoms. The lowest BCUT2D eigenvalue weighted by atomic mass is 10.0. The van der Waals surface area contributed by atoms with Crippen LogP contribution in [0.5, 0.6) is 0 Å². The number of furan rings is 2. The number of nitrogens with one attached hydrogen (secondary N) is 1. The number of rotatable bonds is 5. The van der Waals surface area contributed by atoms with E-state index < -0.39 is 5.63 Å². The van der Waals surface area contributed by atoms with E-state index in [0.29, 0.717) is 35.5 Å². The van der Waals surface area contributed by atoms with Crippen molar-refractivity contribution in [3.05, 3.63) is 69.2 Å². The predicted octanol–water partition coefficient (Wildman–Crippen LogP) is 4.31. The number of hydrogen-bond acceptors (Lipinski definition) is 5. The minimum absolute atomic E-state index is 0.146. The van der Waals surface area contributed by atoms with Crippen molar-refractivity contribution in [3.8, 4) is 0 Å². The Hall–Kier alpha value is -3.28. The molecule has 0 aliphatic carbocycles. The fourth-order valence-corrected chi connectivity index (χ4v) is 3.44. The molecule has 6 heteroatoms. The summed E-state index contributed by atoms with van der Waals surface area (Å²) in [4.78, 5) is 24.6. The van der Waals surface area contributed by atoms with E-state index in [4.69, 9.17) is 13.3 Å². The molecule has 4 rings (SSSR count). The number of carbonyl (C=O) groups is 1. The lowest BCUT2D eigenvalue weighted by Gasteiger charge is -2.08. The van der Waals surface area contributed by atoms with Crippen LogP contribution in [0.25, 0.3) is 21.9 Å². The van der Waals surface area contributed by atoms with Gasteiger partial charge in [0, 0.05) is 28.8 Å². The number of carbonyl (C=O) groups excluding carboxylic acids is 1. The highest BCUT2D eigenvalue weighted by Crippen LogP contribution is 2.31. The second kappa shape index (κ2) is 7.03. The molecular weight excluding hydrogens is 358 g/mol. The van der Waals surface area contributed by atoms with Crippen LogP contribution in [0.4, 0.5) is 0 Å². The Morgan fingerprint density at radius 2 is 1.79 bits per heavy atom. The van der Waals surface area contributed by atoms with Gasteiger partial charge in [0.1, 0.15) is 22.7 Å². The Morgan fingerprint density at radius 3 is 2.54 bits per heavy atom. The van der Waals surface area contributed by atoms with Gasteiger partial charge in [-0.2, -0.15) is 0 Å². The van der Waals surface area contributed by atoms with Crippen LogP contribution in [0, 0.1) is 20.8 Å². The molecule has 144 valence electrons. The second-order valence-electron chi connectivity index (χ2n) is 6.98. The molecule has 28 heavy (non-hydrogen) atoms. The van der Waals surface area contributed by atoms with Gasteiger partial charge in [0.05, 0.1) is 12.8 Å². The average molecular weight is 379 g/mol. The van der Waals surface area contributed by atoms with Crippen LogP contribution in [-0.2, 0) is 17.8 Å². The van der Waals surface area contributed by atoms with Crippen LogP contribution < -0.4 is 10.9 Å². The Kier molecular flexibility index (Phi) is 4.55. The van der Waals surface area contributed by atoms with Gasteiger partial charge in [-0.05, 0) is 56.5 Å². The molecule has 1 aromatic carbocycles. The van der Waals surface area contributed by atoms with Crippen molar-refractivity contribution >= 4 is 27.8 Å². The summed E-state index contributed by atoms with van der Waals surface area (Å²) in [6.45, 7) is 6.14. The number of benzene rings is 1. The lowest BCUT2D eigenvalue weighted by molar-refractivity contribution is -0.121. The molecule has 0 saturated carbocycles. The van der Waals surface area contributed by atoms with Gasteiger partial charge in [-0.3, -0.25) is 4.79 Å². The number of amides is 1. The number of hydrogen-bond donors (Lipinski definition) is 1. The van der Waals surface area contributed by atoms with Gasteiger partial charge in [-0.15, -0.1) is 0 Å². The zero-order chi connectivity index (χ0) is 19.8. The van der Waals surface area contributed by atoms with Crippen molar-refractivity contribution in [2.75, 3.05) is 0 Å². The fraction of sp³-hybridized carbons (Fsp3) is 0.273. The van der Waals surface area contributed by atoms with E-state index >= 15 is 0 Å². The summed E-state index contributed by atoms with van der Waals surface area (Å²) in [6.07, 6.45) is 2.07. The van der Waals surface area contributed by atoms with Gasteiger partial charge in [-0.25, -0.2) is 4.79 Å². The molecule has 3 heterocycles. The van der Waals surface area contributed by atoms with Crippen molar-refractivity contribution < 1.29 is 18.0 Å². The largest absolute Gasteiger partial charge is 0.467 e. The van der Waals surface area contributed by atoms with Crippen molar-refractivity contribution in [2.24, 2.45) is 0 Å². The van der Waals surface area contributed by atoms with Crippen molar-refractivity contribution in [3.63, 3.8) is 0 Å².